The van der Waals surface area contributed by atoms with Gasteiger partial charge in [-0.1, -0.05) is 13.8 Å². The summed E-state index contributed by atoms with van der Waals surface area (Å²) in [5.74, 6) is -0.235. The largest absolute Gasteiger partial charge is 0.464 e. The molecular weight excluding hydrogens is 156 g/mol. The van der Waals surface area contributed by atoms with Gasteiger partial charge in [-0.3, -0.25) is 0 Å². The van der Waals surface area contributed by atoms with Gasteiger partial charge in [0.15, 0.2) is 6.10 Å². The number of esters is 1. The van der Waals surface area contributed by atoms with Crippen molar-refractivity contribution in [3.8, 4) is 0 Å². The predicted octanol–water partition coefficient (Wildman–Crippen LogP) is 1.75. The van der Waals surface area contributed by atoms with Crippen LogP contribution in [0, 0.1) is 0 Å². The highest BCUT2D eigenvalue weighted by atomic mass is 16.6. The van der Waals surface area contributed by atoms with E-state index in [1.54, 1.807) is 0 Å². The lowest BCUT2D eigenvalue weighted by molar-refractivity contribution is -0.157. The topological polar surface area (TPSA) is 35.5 Å². The molecule has 0 aliphatic heterocycles. The third kappa shape index (κ3) is 4.34. The monoisotopic (exact) mass is 174 g/mol. The van der Waals surface area contributed by atoms with Gasteiger partial charge in [0, 0.05) is 6.61 Å². The standard InChI is InChI=1S/C9H18O3/c1-4-7-12-9(10)8(5-2)11-6-3/h8H,4-7H2,1-3H3. The molecule has 0 saturated heterocycles. The Morgan fingerprint density at radius 2 is 2.00 bits per heavy atom. The predicted molar refractivity (Wildman–Crippen MR) is 47.0 cm³/mol. The van der Waals surface area contributed by atoms with Crippen LogP contribution in [-0.2, 0) is 14.3 Å². The summed E-state index contributed by atoms with van der Waals surface area (Å²) in [7, 11) is 0. The van der Waals surface area contributed by atoms with Crippen LogP contribution in [0.3, 0.4) is 0 Å². The molecular formula is C9H18O3. The quantitative estimate of drug-likeness (QED) is 0.575. The van der Waals surface area contributed by atoms with Crippen LogP contribution < -0.4 is 0 Å². The SMILES string of the molecule is CCCOC(=O)C(CC)OCC. The lowest BCUT2D eigenvalue weighted by Crippen LogP contribution is -2.26. The molecule has 0 spiro atoms. The number of hydrogen-bond acceptors (Lipinski definition) is 3. The Morgan fingerprint density at radius 1 is 1.33 bits per heavy atom. The molecule has 12 heavy (non-hydrogen) atoms. The highest BCUT2D eigenvalue weighted by Crippen LogP contribution is 2.00. The molecule has 0 amide bonds. The summed E-state index contributed by atoms with van der Waals surface area (Å²) in [4.78, 5) is 11.2. The van der Waals surface area contributed by atoms with Crippen molar-refractivity contribution in [1.29, 1.82) is 0 Å². The molecule has 0 radical (unpaired) electrons. The zero-order valence-corrected chi connectivity index (χ0v) is 8.13. The van der Waals surface area contributed by atoms with Gasteiger partial charge in [-0.05, 0) is 19.8 Å². The molecule has 0 saturated carbocycles. The highest BCUT2D eigenvalue weighted by Gasteiger charge is 2.16. The first-order chi connectivity index (χ1) is 5.76. The van der Waals surface area contributed by atoms with E-state index < -0.39 is 0 Å². The minimum absolute atomic E-state index is 0.235. The van der Waals surface area contributed by atoms with Crippen molar-refractivity contribution in [2.24, 2.45) is 0 Å². The van der Waals surface area contributed by atoms with Gasteiger partial charge in [-0.2, -0.15) is 0 Å². The van der Waals surface area contributed by atoms with Crippen LogP contribution in [0.4, 0.5) is 0 Å². The summed E-state index contributed by atoms with van der Waals surface area (Å²) in [6.07, 6.45) is 1.16. The fourth-order valence-corrected chi connectivity index (χ4v) is 0.849. The molecule has 1 atom stereocenters. The van der Waals surface area contributed by atoms with Crippen LogP contribution in [0.5, 0.6) is 0 Å². The Bertz CT molecular complexity index is 123. The first kappa shape index (κ1) is 11.4. The van der Waals surface area contributed by atoms with E-state index in [4.69, 9.17) is 9.47 Å². The van der Waals surface area contributed by atoms with Gasteiger partial charge in [0.05, 0.1) is 6.61 Å². The number of carbonyl (C=O) groups is 1. The van der Waals surface area contributed by atoms with Crippen LogP contribution in [-0.4, -0.2) is 25.3 Å². The van der Waals surface area contributed by atoms with E-state index in [1.165, 1.54) is 0 Å². The zero-order valence-electron chi connectivity index (χ0n) is 8.13. The summed E-state index contributed by atoms with van der Waals surface area (Å²) in [5.41, 5.74) is 0. The normalized spacial score (nSPS) is 12.6. The molecule has 0 bridgehead atoms. The molecule has 72 valence electrons. The summed E-state index contributed by atoms with van der Waals surface area (Å²) >= 11 is 0. The number of hydrogen-bond donors (Lipinski definition) is 0. The van der Waals surface area contributed by atoms with Gasteiger partial charge in [-0.15, -0.1) is 0 Å². The van der Waals surface area contributed by atoms with Gasteiger partial charge < -0.3 is 9.47 Å². The first-order valence-electron chi connectivity index (χ1n) is 4.54. The second-order valence-corrected chi connectivity index (χ2v) is 2.52. The van der Waals surface area contributed by atoms with Gasteiger partial charge in [0.25, 0.3) is 0 Å². The van der Waals surface area contributed by atoms with Crippen molar-refractivity contribution in [2.75, 3.05) is 13.2 Å². The van der Waals surface area contributed by atoms with Crippen LogP contribution in [0.25, 0.3) is 0 Å². The molecule has 0 aromatic heterocycles. The van der Waals surface area contributed by atoms with Gasteiger partial charge >= 0.3 is 5.97 Å². The maximum atomic E-state index is 11.2. The second kappa shape index (κ2) is 7.10. The minimum Gasteiger partial charge on any atom is -0.464 e. The smallest absolute Gasteiger partial charge is 0.335 e. The van der Waals surface area contributed by atoms with E-state index in [2.05, 4.69) is 0 Å². The lowest BCUT2D eigenvalue weighted by Gasteiger charge is -2.13. The Labute approximate surface area is 74.0 Å². The molecule has 0 aromatic carbocycles. The van der Waals surface area contributed by atoms with Crippen LogP contribution in [0.1, 0.15) is 33.6 Å². The Morgan fingerprint density at radius 3 is 2.42 bits per heavy atom. The molecule has 3 nitrogen and oxygen atoms in total. The number of rotatable bonds is 6. The van der Waals surface area contributed by atoms with Crippen LogP contribution in [0.2, 0.25) is 0 Å². The fraction of sp³-hybridized carbons (Fsp3) is 0.889. The second-order valence-electron chi connectivity index (χ2n) is 2.52. The van der Waals surface area contributed by atoms with Crippen LogP contribution >= 0.6 is 0 Å². The average molecular weight is 174 g/mol. The maximum Gasteiger partial charge on any atom is 0.335 e. The third-order valence-corrected chi connectivity index (χ3v) is 1.45. The van der Waals surface area contributed by atoms with Crippen molar-refractivity contribution >= 4 is 5.97 Å². The number of carbonyl (C=O) groups excluding carboxylic acids is 1. The van der Waals surface area contributed by atoms with E-state index in [0.717, 1.165) is 6.42 Å². The van der Waals surface area contributed by atoms with E-state index in [1.807, 2.05) is 20.8 Å². The minimum atomic E-state index is -0.374. The Hall–Kier alpha value is -0.570. The number of ether oxygens (including phenoxy) is 2. The van der Waals surface area contributed by atoms with Gasteiger partial charge in [0.1, 0.15) is 0 Å². The summed E-state index contributed by atoms with van der Waals surface area (Å²) in [6, 6.07) is 0. The molecule has 0 N–H and O–H groups in total. The Balaban J connectivity index is 3.69. The van der Waals surface area contributed by atoms with Gasteiger partial charge in [-0.25, -0.2) is 4.79 Å². The summed E-state index contributed by atoms with van der Waals surface area (Å²) in [6.45, 7) is 6.79. The van der Waals surface area contributed by atoms with Crippen LogP contribution in [0.15, 0.2) is 0 Å². The van der Waals surface area contributed by atoms with Crippen molar-refractivity contribution < 1.29 is 14.3 Å². The van der Waals surface area contributed by atoms with E-state index in [-0.39, 0.29) is 12.1 Å². The third-order valence-electron chi connectivity index (χ3n) is 1.45. The molecule has 0 aliphatic carbocycles. The van der Waals surface area contributed by atoms with E-state index in [9.17, 15) is 4.79 Å². The van der Waals surface area contributed by atoms with E-state index >= 15 is 0 Å². The average Bonchev–Trinajstić information content (AvgIpc) is 2.10. The molecule has 3 heteroatoms. The molecule has 0 rings (SSSR count). The maximum absolute atomic E-state index is 11.2. The lowest BCUT2D eigenvalue weighted by atomic mass is 10.3. The Kier molecular flexibility index (Phi) is 6.76. The highest BCUT2D eigenvalue weighted by molar-refractivity contribution is 5.74. The summed E-state index contributed by atoms with van der Waals surface area (Å²) in [5, 5.41) is 0. The van der Waals surface area contributed by atoms with E-state index in [0.29, 0.717) is 19.6 Å². The molecule has 1 unspecified atom stereocenters. The van der Waals surface area contributed by atoms with Crippen molar-refractivity contribution in [1.82, 2.24) is 0 Å². The van der Waals surface area contributed by atoms with Crippen molar-refractivity contribution in [3.05, 3.63) is 0 Å². The molecule has 0 aromatic rings. The first-order valence-corrected chi connectivity index (χ1v) is 4.54. The molecule has 0 heterocycles. The molecule has 0 fully saturated rings. The zero-order chi connectivity index (χ0) is 9.40. The van der Waals surface area contributed by atoms with Crippen molar-refractivity contribution in [2.45, 2.75) is 39.7 Å². The van der Waals surface area contributed by atoms with Crippen molar-refractivity contribution in [3.63, 3.8) is 0 Å². The fourth-order valence-electron chi connectivity index (χ4n) is 0.849. The summed E-state index contributed by atoms with van der Waals surface area (Å²) < 4.78 is 10.1. The van der Waals surface area contributed by atoms with Gasteiger partial charge in [0.2, 0.25) is 0 Å². The molecule has 0 aliphatic rings.